The summed E-state index contributed by atoms with van der Waals surface area (Å²) in [6.07, 6.45) is 4.47. The van der Waals surface area contributed by atoms with Crippen molar-refractivity contribution in [3.8, 4) is 0 Å². The van der Waals surface area contributed by atoms with Crippen LogP contribution in [0.5, 0.6) is 0 Å². The first-order valence-corrected chi connectivity index (χ1v) is 9.16. The molecule has 2 aliphatic rings. The van der Waals surface area contributed by atoms with Crippen LogP contribution < -0.4 is 0 Å². The largest absolute Gasteiger partial charge is 0.338 e. The number of carbonyl (C=O) groups is 2. The molecule has 24 heavy (non-hydrogen) atoms. The molecule has 2 unspecified atom stereocenters. The summed E-state index contributed by atoms with van der Waals surface area (Å²) in [6, 6.07) is 5.74. The Bertz CT molecular complexity index is 732. The summed E-state index contributed by atoms with van der Waals surface area (Å²) in [6.45, 7) is 2.64. The molecule has 2 aromatic rings. The zero-order valence-corrected chi connectivity index (χ0v) is 14.1. The molecular formula is C18H19N3O2S. The van der Waals surface area contributed by atoms with Gasteiger partial charge in [-0.1, -0.05) is 0 Å². The molecule has 124 valence electrons. The van der Waals surface area contributed by atoms with Crippen LogP contribution in [-0.4, -0.2) is 46.2 Å². The van der Waals surface area contributed by atoms with E-state index in [1.54, 1.807) is 12.4 Å². The lowest BCUT2D eigenvalue weighted by Gasteiger charge is -2.33. The lowest BCUT2D eigenvalue weighted by molar-refractivity contribution is -0.140. The monoisotopic (exact) mass is 341 g/mol. The van der Waals surface area contributed by atoms with Crippen molar-refractivity contribution in [2.24, 2.45) is 11.8 Å². The van der Waals surface area contributed by atoms with Gasteiger partial charge in [0.05, 0.1) is 11.5 Å². The van der Waals surface area contributed by atoms with Crippen LogP contribution in [0.25, 0.3) is 0 Å². The molecule has 0 radical (unpaired) electrons. The molecule has 2 amide bonds. The summed E-state index contributed by atoms with van der Waals surface area (Å²) in [5.41, 5.74) is 1.83. The smallest absolute Gasteiger partial charge is 0.254 e. The molecule has 0 N–H and O–H groups in total. The number of rotatable bonds is 3. The van der Waals surface area contributed by atoms with Crippen molar-refractivity contribution in [3.05, 3.63) is 52.5 Å². The number of aromatic nitrogens is 1. The Morgan fingerprint density at radius 1 is 1.25 bits per heavy atom. The van der Waals surface area contributed by atoms with E-state index in [0.717, 1.165) is 24.1 Å². The summed E-state index contributed by atoms with van der Waals surface area (Å²) in [5.74, 6) is 0.486. The second-order valence-electron chi connectivity index (χ2n) is 6.49. The van der Waals surface area contributed by atoms with Gasteiger partial charge in [-0.15, -0.1) is 0 Å². The number of pyridine rings is 1. The van der Waals surface area contributed by atoms with E-state index >= 15 is 0 Å². The Morgan fingerprint density at radius 3 is 2.83 bits per heavy atom. The maximum atomic E-state index is 12.8. The number of piperidine rings is 1. The summed E-state index contributed by atoms with van der Waals surface area (Å²) < 4.78 is 0. The zero-order valence-electron chi connectivity index (χ0n) is 13.3. The van der Waals surface area contributed by atoms with Crippen LogP contribution in [0.1, 0.15) is 22.3 Å². The van der Waals surface area contributed by atoms with E-state index in [-0.39, 0.29) is 17.7 Å². The molecule has 0 aromatic carbocycles. The fourth-order valence-electron chi connectivity index (χ4n) is 3.71. The molecule has 4 rings (SSSR count). The average Bonchev–Trinajstić information content (AvgIpc) is 3.27. The van der Waals surface area contributed by atoms with Gasteiger partial charge in [-0.25, -0.2) is 0 Å². The van der Waals surface area contributed by atoms with Crippen molar-refractivity contribution in [2.75, 3.05) is 19.6 Å². The lowest BCUT2D eigenvalue weighted by Crippen LogP contribution is -2.44. The molecule has 4 heterocycles. The molecule has 5 nitrogen and oxygen atoms in total. The minimum atomic E-state index is -0.0526. The highest BCUT2D eigenvalue weighted by atomic mass is 32.1. The van der Waals surface area contributed by atoms with Crippen LogP contribution >= 0.6 is 11.3 Å². The van der Waals surface area contributed by atoms with Crippen LogP contribution in [0.15, 0.2) is 41.4 Å². The first-order chi connectivity index (χ1) is 11.7. The number of carbonyl (C=O) groups excluding carboxylic acids is 2. The number of likely N-dealkylation sites (tertiary alicyclic amines) is 2. The van der Waals surface area contributed by atoms with Gasteiger partial charge in [0.15, 0.2) is 0 Å². The maximum Gasteiger partial charge on any atom is 0.254 e. The second kappa shape index (κ2) is 6.36. The Morgan fingerprint density at radius 2 is 2.08 bits per heavy atom. The van der Waals surface area contributed by atoms with Gasteiger partial charge in [-0.3, -0.25) is 14.6 Å². The van der Waals surface area contributed by atoms with Crippen LogP contribution in [0, 0.1) is 11.8 Å². The molecule has 2 saturated heterocycles. The third-order valence-corrected chi connectivity index (χ3v) is 5.70. The van der Waals surface area contributed by atoms with Crippen molar-refractivity contribution in [3.63, 3.8) is 0 Å². The summed E-state index contributed by atoms with van der Waals surface area (Å²) in [7, 11) is 0. The van der Waals surface area contributed by atoms with Gasteiger partial charge >= 0.3 is 0 Å². The Balaban J connectivity index is 1.44. The average molecular weight is 341 g/mol. The molecule has 2 aliphatic heterocycles. The molecule has 0 saturated carbocycles. The normalized spacial score (nSPS) is 23.4. The third-order valence-electron chi connectivity index (χ3n) is 5.02. The van der Waals surface area contributed by atoms with Crippen LogP contribution in [0.3, 0.4) is 0 Å². The molecule has 2 atom stereocenters. The van der Waals surface area contributed by atoms with Crippen LogP contribution in [0.4, 0.5) is 0 Å². The number of hydrogen-bond donors (Lipinski definition) is 0. The number of thiophene rings is 1. The zero-order chi connectivity index (χ0) is 16.5. The van der Waals surface area contributed by atoms with Gasteiger partial charge in [0.25, 0.3) is 5.91 Å². The van der Waals surface area contributed by atoms with E-state index in [4.69, 9.17) is 0 Å². The highest BCUT2D eigenvalue weighted by Crippen LogP contribution is 2.33. The molecule has 6 heteroatoms. The lowest BCUT2D eigenvalue weighted by atomic mass is 9.88. The summed E-state index contributed by atoms with van der Waals surface area (Å²) in [4.78, 5) is 33.2. The van der Waals surface area contributed by atoms with Crippen molar-refractivity contribution in [1.82, 2.24) is 14.8 Å². The minimum absolute atomic E-state index is 0.0526. The van der Waals surface area contributed by atoms with Crippen molar-refractivity contribution < 1.29 is 9.59 Å². The fraction of sp³-hybridized carbons (Fsp3) is 0.389. The molecule has 2 fully saturated rings. The predicted molar refractivity (Wildman–Crippen MR) is 91.5 cm³/mol. The summed E-state index contributed by atoms with van der Waals surface area (Å²) in [5, 5.41) is 3.79. The first-order valence-electron chi connectivity index (χ1n) is 8.21. The number of hydrogen-bond acceptors (Lipinski definition) is 4. The number of amides is 2. The molecule has 0 spiro atoms. The van der Waals surface area contributed by atoms with E-state index in [1.165, 1.54) is 11.3 Å². The van der Waals surface area contributed by atoms with Gasteiger partial charge in [-0.2, -0.15) is 11.3 Å². The van der Waals surface area contributed by atoms with Crippen LogP contribution in [0.2, 0.25) is 0 Å². The van der Waals surface area contributed by atoms with E-state index < -0.39 is 0 Å². The predicted octanol–water partition coefficient (Wildman–Crippen LogP) is 2.26. The Labute approximate surface area is 144 Å². The van der Waals surface area contributed by atoms with Gasteiger partial charge in [0.1, 0.15) is 0 Å². The van der Waals surface area contributed by atoms with Gasteiger partial charge < -0.3 is 9.80 Å². The second-order valence-corrected chi connectivity index (χ2v) is 7.27. The first kappa shape index (κ1) is 15.3. The van der Waals surface area contributed by atoms with Crippen molar-refractivity contribution in [1.29, 1.82) is 0 Å². The summed E-state index contributed by atoms with van der Waals surface area (Å²) >= 11 is 1.53. The van der Waals surface area contributed by atoms with Crippen molar-refractivity contribution in [2.45, 2.75) is 13.0 Å². The SMILES string of the molecule is O=C(c1ccsc1)N1CC2CCN(Cc3ccncc3)C(=O)C2C1. The molecule has 2 aromatic heterocycles. The Hall–Kier alpha value is -2.21. The highest BCUT2D eigenvalue weighted by molar-refractivity contribution is 7.08. The number of nitrogens with zero attached hydrogens (tertiary/aromatic N) is 3. The van der Waals surface area contributed by atoms with E-state index in [1.807, 2.05) is 38.8 Å². The maximum absolute atomic E-state index is 12.8. The van der Waals surface area contributed by atoms with E-state index in [9.17, 15) is 9.59 Å². The third kappa shape index (κ3) is 2.82. The van der Waals surface area contributed by atoms with Gasteiger partial charge in [0.2, 0.25) is 5.91 Å². The fourth-order valence-corrected chi connectivity index (χ4v) is 4.34. The minimum Gasteiger partial charge on any atom is -0.338 e. The highest BCUT2D eigenvalue weighted by Gasteiger charge is 2.44. The number of fused-ring (bicyclic) bond motifs is 1. The van der Waals surface area contributed by atoms with Crippen molar-refractivity contribution >= 4 is 23.2 Å². The van der Waals surface area contributed by atoms with Gasteiger partial charge in [-0.05, 0) is 41.5 Å². The van der Waals surface area contributed by atoms with Gasteiger partial charge in [0, 0.05) is 44.0 Å². The molecule has 0 bridgehead atoms. The quantitative estimate of drug-likeness (QED) is 0.860. The van der Waals surface area contributed by atoms with E-state index in [2.05, 4.69) is 4.98 Å². The van der Waals surface area contributed by atoms with E-state index in [0.29, 0.717) is 25.6 Å². The van der Waals surface area contributed by atoms with Crippen LogP contribution in [-0.2, 0) is 11.3 Å². The molecule has 0 aliphatic carbocycles. The molecular weight excluding hydrogens is 322 g/mol. The topological polar surface area (TPSA) is 53.5 Å². The Kier molecular flexibility index (Phi) is 4.06. The standard InChI is InChI=1S/C18H19N3O2S/c22-17(15-4-8-24-12-15)21-10-14-3-7-20(18(23)16(14)11-21)9-13-1-5-19-6-2-13/h1-2,4-6,8,12,14,16H,3,7,9-11H2.